The molecule has 2 nitrogen and oxygen atoms in total. The zero-order chi connectivity index (χ0) is 17.9. The normalized spacial score (nSPS) is 12.1. The number of nitrogens with zero attached hydrogens (tertiary/aromatic N) is 1. The molecule has 128 valence electrons. The zero-order valence-electron chi connectivity index (χ0n) is 13.9. The first-order valence-electron chi connectivity index (χ1n) is 8.33. The van der Waals surface area contributed by atoms with Gasteiger partial charge in [-0.2, -0.15) is 0 Å². The highest BCUT2D eigenvalue weighted by Crippen LogP contribution is 2.37. The molecule has 0 bridgehead atoms. The molecule has 0 spiro atoms. The van der Waals surface area contributed by atoms with Crippen molar-refractivity contribution in [1.82, 2.24) is 9.97 Å². The number of rotatable bonds is 4. The molecule has 4 heteroatoms. The number of aromatic amines is 1. The van der Waals surface area contributed by atoms with Gasteiger partial charge in [-0.3, -0.25) is 0 Å². The van der Waals surface area contributed by atoms with Gasteiger partial charge in [-0.25, -0.2) is 4.98 Å². The molecule has 1 unspecified atom stereocenters. The number of H-pyrrole nitrogens is 1. The number of benzene rings is 3. The van der Waals surface area contributed by atoms with Crippen LogP contribution in [0, 0.1) is 0 Å². The molecule has 1 N–H and O–H groups in total. The van der Waals surface area contributed by atoms with Gasteiger partial charge in [-0.1, -0.05) is 90.5 Å². The third-order valence-corrected chi connectivity index (χ3v) is 5.04. The molecule has 0 aliphatic heterocycles. The van der Waals surface area contributed by atoms with Gasteiger partial charge in [-0.15, -0.1) is 11.6 Å². The number of nitrogens with one attached hydrogen (secondary N) is 1. The lowest BCUT2D eigenvalue weighted by molar-refractivity contribution is 0.995. The Labute approximate surface area is 162 Å². The van der Waals surface area contributed by atoms with Crippen LogP contribution in [0.15, 0.2) is 84.9 Å². The van der Waals surface area contributed by atoms with Crippen LogP contribution in [0.3, 0.4) is 0 Å². The lowest BCUT2D eigenvalue weighted by atomic mass is 10.1. The third kappa shape index (κ3) is 3.26. The summed E-state index contributed by atoms with van der Waals surface area (Å²) in [4.78, 5) is 8.25. The van der Waals surface area contributed by atoms with E-state index in [0.29, 0.717) is 10.8 Å². The monoisotopic (exact) mass is 378 g/mol. The number of alkyl halides is 1. The van der Waals surface area contributed by atoms with Crippen molar-refractivity contribution in [3.05, 3.63) is 101 Å². The Morgan fingerprint density at radius 1 is 0.731 bits per heavy atom. The van der Waals surface area contributed by atoms with E-state index in [1.807, 2.05) is 72.8 Å². The van der Waals surface area contributed by atoms with Crippen molar-refractivity contribution in [3.8, 4) is 22.5 Å². The summed E-state index contributed by atoms with van der Waals surface area (Å²) in [5.74, 6) is 0.678. The van der Waals surface area contributed by atoms with E-state index in [9.17, 15) is 0 Å². The maximum atomic E-state index is 6.72. The molecule has 4 rings (SSSR count). The van der Waals surface area contributed by atoms with Crippen molar-refractivity contribution in [3.63, 3.8) is 0 Å². The maximum absolute atomic E-state index is 6.72. The first-order chi connectivity index (χ1) is 12.7. The summed E-state index contributed by atoms with van der Waals surface area (Å²) in [5.41, 5.74) is 4.77. The second kappa shape index (κ2) is 7.36. The first kappa shape index (κ1) is 16.9. The molecule has 1 atom stereocenters. The van der Waals surface area contributed by atoms with E-state index in [2.05, 4.69) is 17.1 Å². The number of hydrogen-bond acceptors (Lipinski definition) is 1. The third-order valence-electron chi connectivity index (χ3n) is 4.25. The molecular weight excluding hydrogens is 363 g/mol. The summed E-state index contributed by atoms with van der Waals surface area (Å²) >= 11 is 13.0. The van der Waals surface area contributed by atoms with Crippen LogP contribution in [-0.2, 0) is 0 Å². The lowest BCUT2D eigenvalue weighted by Gasteiger charge is -2.08. The average Bonchev–Trinajstić information content (AvgIpc) is 3.15. The van der Waals surface area contributed by atoms with Gasteiger partial charge in [0, 0.05) is 16.1 Å². The molecule has 0 radical (unpaired) electrons. The lowest BCUT2D eigenvalue weighted by Crippen LogP contribution is -1.96. The second-order valence-electron chi connectivity index (χ2n) is 5.96. The SMILES string of the molecule is Clc1ccccc1C(Cl)c1nc(-c2ccccc2)c(-c2ccccc2)[nH]1. The molecule has 0 saturated heterocycles. The Morgan fingerprint density at radius 3 is 1.96 bits per heavy atom. The zero-order valence-corrected chi connectivity index (χ0v) is 15.4. The molecule has 1 heterocycles. The van der Waals surface area contributed by atoms with E-state index in [1.54, 1.807) is 0 Å². The molecule has 4 aromatic rings. The summed E-state index contributed by atoms with van der Waals surface area (Å²) in [7, 11) is 0. The van der Waals surface area contributed by atoms with Crippen molar-refractivity contribution in [2.45, 2.75) is 5.38 Å². The minimum absolute atomic E-state index is 0.455. The summed E-state index contributed by atoms with van der Waals surface area (Å²) in [5, 5.41) is 0.176. The summed E-state index contributed by atoms with van der Waals surface area (Å²) in [6.45, 7) is 0. The average molecular weight is 379 g/mol. The smallest absolute Gasteiger partial charge is 0.130 e. The quantitative estimate of drug-likeness (QED) is 0.392. The van der Waals surface area contributed by atoms with E-state index in [0.717, 1.165) is 28.1 Å². The van der Waals surface area contributed by atoms with Crippen molar-refractivity contribution >= 4 is 23.2 Å². The van der Waals surface area contributed by atoms with Crippen molar-refractivity contribution < 1.29 is 0 Å². The summed E-state index contributed by atoms with van der Waals surface area (Å²) in [6, 6.07) is 27.8. The Balaban J connectivity index is 1.85. The van der Waals surface area contributed by atoms with E-state index >= 15 is 0 Å². The van der Waals surface area contributed by atoms with Crippen molar-refractivity contribution in [2.24, 2.45) is 0 Å². The molecule has 3 aromatic carbocycles. The minimum Gasteiger partial charge on any atom is -0.340 e. The van der Waals surface area contributed by atoms with Gasteiger partial charge < -0.3 is 4.98 Å². The van der Waals surface area contributed by atoms with Gasteiger partial charge in [0.1, 0.15) is 11.2 Å². The van der Waals surface area contributed by atoms with Crippen LogP contribution in [0.2, 0.25) is 5.02 Å². The van der Waals surface area contributed by atoms with Crippen LogP contribution < -0.4 is 0 Å². The topological polar surface area (TPSA) is 28.7 Å². The molecular formula is C22H16Cl2N2. The molecule has 0 aliphatic rings. The Bertz CT molecular complexity index is 954. The molecule has 0 amide bonds. The standard InChI is InChI=1S/C22H16Cl2N2/c23-18-14-8-7-13-17(18)19(24)22-25-20(15-9-3-1-4-10-15)21(26-22)16-11-5-2-6-12-16/h1-14,19H,(H,25,26). The number of imidazole rings is 1. The van der Waals surface area contributed by atoms with Crippen LogP contribution in [0.5, 0.6) is 0 Å². The predicted octanol–water partition coefficient (Wildman–Crippen LogP) is 6.73. The van der Waals surface area contributed by atoms with Crippen LogP contribution in [0.25, 0.3) is 22.5 Å². The largest absolute Gasteiger partial charge is 0.340 e. The van der Waals surface area contributed by atoms with Gasteiger partial charge in [0.15, 0.2) is 0 Å². The Morgan fingerprint density at radius 2 is 1.31 bits per heavy atom. The van der Waals surface area contributed by atoms with Crippen LogP contribution >= 0.6 is 23.2 Å². The van der Waals surface area contributed by atoms with E-state index < -0.39 is 5.38 Å². The second-order valence-corrected chi connectivity index (χ2v) is 6.81. The number of hydrogen-bond donors (Lipinski definition) is 1. The van der Waals surface area contributed by atoms with E-state index in [4.69, 9.17) is 28.2 Å². The number of aromatic nitrogens is 2. The Kier molecular flexibility index (Phi) is 4.79. The molecule has 0 saturated carbocycles. The van der Waals surface area contributed by atoms with Crippen LogP contribution in [0.1, 0.15) is 16.8 Å². The molecule has 1 aromatic heterocycles. The van der Waals surface area contributed by atoms with Gasteiger partial charge in [-0.05, 0) is 11.6 Å². The fourth-order valence-electron chi connectivity index (χ4n) is 2.96. The summed E-state index contributed by atoms with van der Waals surface area (Å²) in [6.07, 6.45) is 0. The van der Waals surface area contributed by atoms with Gasteiger partial charge in [0.2, 0.25) is 0 Å². The highest BCUT2D eigenvalue weighted by molar-refractivity contribution is 6.33. The molecule has 26 heavy (non-hydrogen) atoms. The highest BCUT2D eigenvalue weighted by atomic mass is 35.5. The van der Waals surface area contributed by atoms with Crippen LogP contribution in [0.4, 0.5) is 0 Å². The predicted molar refractivity (Wildman–Crippen MR) is 109 cm³/mol. The van der Waals surface area contributed by atoms with E-state index in [-0.39, 0.29) is 0 Å². The fourth-order valence-corrected chi connectivity index (χ4v) is 3.55. The Hall–Kier alpha value is -2.55. The fraction of sp³-hybridized carbons (Fsp3) is 0.0455. The first-order valence-corrected chi connectivity index (χ1v) is 9.14. The van der Waals surface area contributed by atoms with Gasteiger partial charge in [0.25, 0.3) is 0 Å². The van der Waals surface area contributed by atoms with Crippen molar-refractivity contribution in [1.29, 1.82) is 0 Å². The maximum Gasteiger partial charge on any atom is 0.130 e. The van der Waals surface area contributed by atoms with Crippen LogP contribution in [-0.4, -0.2) is 9.97 Å². The highest BCUT2D eigenvalue weighted by Gasteiger charge is 2.21. The van der Waals surface area contributed by atoms with E-state index in [1.165, 1.54) is 0 Å². The summed E-state index contributed by atoms with van der Waals surface area (Å²) < 4.78 is 0. The molecule has 0 aliphatic carbocycles. The van der Waals surface area contributed by atoms with Gasteiger partial charge >= 0.3 is 0 Å². The number of halogens is 2. The van der Waals surface area contributed by atoms with Crippen molar-refractivity contribution in [2.75, 3.05) is 0 Å². The van der Waals surface area contributed by atoms with Gasteiger partial charge in [0.05, 0.1) is 11.4 Å². The molecule has 0 fully saturated rings. The minimum atomic E-state index is -0.455.